The summed E-state index contributed by atoms with van der Waals surface area (Å²) in [7, 11) is 1.65. The van der Waals surface area contributed by atoms with Gasteiger partial charge < -0.3 is 24.3 Å². The highest BCUT2D eigenvalue weighted by atomic mass is 16.6. The minimum absolute atomic E-state index is 0.564. The van der Waals surface area contributed by atoms with E-state index in [1.54, 1.807) is 7.11 Å². The molecule has 0 aromatic heterocycles. The third kappa shape index (κ3) is 5.07. The van der Waals surface area contributed by atoms with E-state index < -0.39 is 0 Å². The maximum Gasteiger partial charge on any atom is 0.203 e. The molecule has 1 aromatic carbocycles. The Bertz CT molecular complexity index is 445. The summed E-state index contributed by atoms with van der Waals surface area (Å²) in [6, 6.07) is 3.99. The highest BCUT2D eigenvalue weighted by Crippen LogP contribution is 2.40. The predicted molar refractivity (Wildman–Crippen MR) is 86.0 cm³/mol. The van der Waals surface area contributed by atoms with Crippen molar-refractivity contribution in [2.45, 2.75) is 26.8 Å². The van der Waals surface area contributed by atoms with Gasteiger partial charge in [-0.05, 0) is 30.0 Å². The zero-order valence-corrected chi connectivity index (χ0v) is 13.8. The summed E-state index contributed by atoms with van der Waals surface area (Å²) >= 11 is 0. The number of ether oxygens (including phenoxy) is 4. The van der Waals surface area contributed by atoms with E-state index in [1.807, 2.05) is 12.1 Å². The van der Waals surface area contributed by atoms with E-state index in [2.05, 4.69) is 19.2 Å². The van der Waals surface area contributed by atoms with Crippen LogP contribution in [0.25, 0.3) is 0 Å². The maximum absolute atomic E-state index is 5.63. The number of benzene rings is 1. The molecular weight excluding hydrogens is 282 g/mol. The lowest BCUT2D eigenvalue weighted by molar-refractivity contribution is 0.125. The van der Waals surface area contributed by atoms with E-state index in [9.17, 15) is 0 Å². The molecule has 5 nitrogen and oxygen atoms in total. The lowest BCUT2D eigenvalue weighted by atomic mass is 10.1. The molecule has 0 unspecified atom stereocenters. The van der Waals surface area contributed by atoms with Crippen LogP contribution in [0.2, 0.25) is 0 Å². The van der Waals surface area contributed by atoms with Crippen LogP contribution in [-0.2, 0) is 11.3 Å². The smallest absolute Gasteiger partial charge is 0.203 e. The maximum atomic E-state index is 5.63. The molecule has 1 heterocycles. The van der Waals surface area contributed by atoms with Crippen LogP contribution >= 0.6 is 0 Å². The lowest BCUT2D eigenvalue weighted by Crippen LogP contribution is -2.20. The molecule has 124 valence electrons. The van der Waals surface area contributed by atoms with E-state index in [0.717, 1.165) is 49.8 Å². The van der Waals surface area contributed by atoms with Crippen molar-refractivity contribution in [3.63, 3.8) is 0 Å². The second kappa shape index (κ2) is 8.86. The first-order valence-electron chi connectivity index (χ1n) is 7.95. The van der Waals surface area contributed by atoms with Crippen molar-refractivity contribution in [1.82, 2.24) is 5.32 Å². The molecule has 1 aliphatic heterocycles. The van der Waals surface area contributed by atoms with E-state index in [-0.39, 0.29) is 0 Å². The Kier molecular flexibility index (Phi) is 6.80. The molecule has 0 amide bonds. The summed E-state index contributed by atoms with van der Waals surface area (Å²) in [4.78, 5) is 0. The van der Waals surface area contributed by atoms with Gasteiger partial charge in [0.25, 0.3) is 0 Å². The number of hydrogen-bond acceptors (Lipinski definition) is 5. The van der Waals surface area contributed by atoms with E-state index >= 15 is 0 Å². The van der Waals surface area contributed by atoms with Gasteiger partial charge in [-0.15, -0.1) is 0 Å². The standard InChI is InChI=1S/C17H27NO4/c1-13(2)4-6-20-7-5-18-12-14-10-15(19-3)17-16(11-14)21-8-9-22-17/h10-11,13,18H,4-9,12H2,1-3H3. The van der Waals surface area contributed by atoms with Crippen molar-refractivity contribution in [1.29, 1.82) is 0 Å². The quantitative estimate of drug-likeness (QED) is 0.711. The Labute approximate surface area is 132 Å². The molecule has 0 fully saturated rings. The topological polar surface area (TPSA) is 49.0 Å². The van der Waals surface area contributed by atoms with Gasteiger partial charge in [-0.2, -0.15) is 0 Å². The Morgan fingerprint density at radius 3 is 2.77 bits per heavy atom. The van der Waals surface area contributed by atoms with Crippen LogP contribution < -0.4 is 19.5 Å². The number of hydrogen-bond donors (Lipinski definition) is 1. The second-order valence-corrected chi connectivity index (χ2v) is 5.79. The van der Waals surface area contributed by atoms with Crippen LogP contribution in [0.5, 0.6) is 17.2 Å². The summed E-state index contributed by atoms with van der Waals surface area (Å²) in [6.45, 7) is 8.69. The first kappa shape index (κ1) is 16.9. The zero-order chi connectivity index (χ0) is 15.8. The summed E-state index contributed by atoms with van der Waals surface area (Å²) in [5, 5.41) is 3.37. The third-order valence-electron chi connectivity index (χ3n) is 3.48. The molecule has 0 saturated heterocycles. The molecule has 1 aromatic rings. The van der Waals surface area contributed by atoms with Crippen molar-refractivity contribution in [3.05, 3.63) is 17.7 Å². The molecule has 2 rings (SSSR count). The number of methoxy groups -OCH3 is 1. The first-order chi connectivity index (χ1) is 10.7. The molecule has 1 aliphatic rings. The molecule has 1 N–H and O–H groups in total. The van der Waals surface area contributed by atoms with Crippen LogP contribution in [0, 0.1) is 5.92 Å². The molecule has 0 radical (unpaired) electrons. The highest BCUT2D eigenvalue weighted by Gasteiger charge is 2.18. The summed E-state index contributed by atoms with van der Waals surface area (Å²) in [5.41, 5.74) is 1.11. The van der Waals surface area contributed by atoms with E-state index in [4.69, 9.17) is 18.9 Å². The molecule has 0 bridgehead atoms. The minimum Gasteiger partial charge on any atom is -0.493 e. The number of rotatable bonds is 9. The number of fused-ring (bicyclic) bond motifs is 1. The fourth-order valence-corrected chi connectivity index (χ4v) is 2.23. The molecule has 0 atom stereocenters. The monoisotopic (exact) mass is 309 g/mol. The molecule has 22 heavy (non-hydrogen) atoms. The number of nitrogens with one attached hydrogen (secondary N) is 1. The highest BCUT2D eigenvalue weighted by molar-refractivity contribution is 5.54. The van der Waals surface area contributed by atoms with Crippen LogP contribution in [0.4, 0.5) is 0 Å². The van der Waals surface area contributed by atoms with Gasteiger partial charge in [0.2, 0.25) is 5.75 Å². The van der Waals surface area contributed by atoms with Crippen molar-refractivity contribution in [2.24, 2.45) is 5.92 Å². The van der Waals surface area contributed by atoms with Crippen LogP contribution in [0.1, 0.15) is 25.8 Å². The Balaban J connectivity index is 1.76. The van der Waals surface area contributed by atoms with E-state index in [0.29, 0.717) is 24.9 Å². The Morgan fingerprint density at radius 1 is 1.18 bits per heavy atom. The van der Waals surface area contributed by atoms with Gasteiger partial charge in [0.15, 0.2) is 11.5 Å². The normalized spacial score (nSPS) is 13.5. The summed E-state index contributed by atoms with van der Waals surface area (Å²) < 4.78 is 22.2. The van der Waals surface area contributed by atoms with Gasteiger partial charge in [-0.25, -0.2) is 0 Å². The molecule has 5 heteroatoms. The average molecular weight is 309 g/mol. The second-order valence-electron chi connectivity index (χ2n) is 5.79. The van der Waals surface area contributed by atoms with Gasteiger partial charge in [0, 0.05) is 19.7 Å². The molecule has 0 saturated carbocycles. The van der Waals surface area contributed by atoms with Gasteiger partial charge >= 0.3 is 0 Å². The fraction of sp³-hybridized carbons (Fsp3) is 0.647. The van der Waals surface area contributed by atoms with Gasteiger partial charge in [0.05, 0.1) is 13.7 Å². The first-order valence-corrected chi connectivity index (χ1v) is 7.95. The summed E-state index contributed by atoms with van der Waals surface area (Å²) in [6.07, 6.45) is 1.11. The zero-order valence-electron chi connectivity index (χ0n) is 13.8. The van der Waals surface area contributed by atoms with Crippen LogP contribution in [0.3, 0.4) is 0 Å². The van der Waals surface area contributed by atoms with E-state index in [1.165, 1.54) is 0 Å². The van der Waals surface area contributed by atoms with Gasteiger partial charge in [-0.3, -0.25) is 0 Å². The van der Waals surface area contributed by atoms with Gasteiger partial charge in [-0.1, -0.05) is 13.8 Å². The minimum atomic E-state index is 0.564. The summed E-state index contributed by atoms with van der Waals surface area (Å²) in [5.74, 6) is 2.88. The molecular formula is C17H27NO4. The Morgan fingerprint density at radius 2 is 2.00 bits per heavy atom. The fourth-order valence-electron chi connectivity index (χ4n) is 2.23. The van der Waals surface area contributed by atoms with Crippen LogP contribution in [0.15, 0.2) is 12.1 Å². The van der Waals surface area contributed by atoms with Crippen molar-refractivity contribution >= 4 is 0 Å². The largest absolute Gasteiger partial charge is 0.493 e. The van der Waals surface area contributed by atoms with Crippen molar-refractivity contribution in [2.75, 3.05) is 40.1 Å². The average Bonchev–Trinajstić information content (AvgIpc) is 2.52. The Hall–Kier alpha value is -1.46. The molecule has 0 spiro atoms. The van der Waals surface area contributed by atoms with Gasteiger partial charge in [0.1, 0.15) is 13.2 Å². The SMILES string of the molecule is COc1cc(CNCCOCCC(C)C)cc2c1OCCO2. The van der Waals surface area contributed by atoms with Crippen molar-refractivity contribution in [3.8, 4) is 17.2 Å². The third-order valence-corrected chi connectivity index (χ3v) is 3.48. The predicted octanol–water partition coefficient (Wildman–Crippen LogP) is 2.62. The molecule has 0 aliphatic carbocycles. The van der Waals surface area contributed by atoms with Crippen molar-refractivity contribution < 1.29 is 18.9 Å². The lowest BCUT2D eigenvalue weighted by Gasteiger charge is -2.21. The van der Waals surface area contributed by atoms with Crippen LogP contribution in [-0.4, -0.2) is 40.1 Å².